The van der Waals surface area contributed by atoms with Crippen LogP contribution in [0.5, 0.6) is 0 Å². The topological polar surface area (TPSA) is 38.4 Å². The second-order valence-electron chi connectivity index (χ2n) is 4.52. The van der Waals surface area contributed by atoms with Crippen LogP contribution in [0.4, 0.5) is 0 Å². The highest BCUT2D eigenvalue weighted by molar-refractivity contribution is 7.12. The lowest BCUT2D eigenvalue weighted by molar-refractivity contribution is 0.629. The maximum atomic E-state index is 5.99. The van der Waals surface area contributed by atoms with Crippen LogP contribution < -0.4 is 5.73 Å². The van der Waals surface area contributed by atoms with Gasteiger partial charge in [-0.05, 0) is 38.5 Å². The summed E-state index contributed by atoms with van der Waals surface area (Å²) in [5.41, 5.74) is 8.41. The summed E-state index contributed by atoms with van der Waals surface area (Å²) in [4.78, 5) is 7.16. The molecule has 0 spiro atoms. The van der Waals surface area contributed by atoms with Gasteiger partial charge in [-0.25, -0.2) is 4.99 Å². The summed E-state index contributed by atoms with van der Waals surface area (Å²) in [5, 5.41) is 0. The second-order valence-corrected chi connectivity index (χ2v) is 5.84. The predicted octanol–water partition coefficient (Wildman–Crippen LogP) is 3.44. The van der Waals surface area contributed by atoms with Crippen molar-refractivity contribution in [2.24, 2.45) is 16.6 Å². The Morgan fingerprint density at radius 2 is 1.94 bits per heavy atom. The number of aliphatic imine (C=N–C) groups is 1. The Bertz CT molecular complexity index is 468. The summed E-state index contributed by atoms with van der Waals surface area (Å²) in [6.07, 6.45) is 0. The number of rotatable bonds is 1. The molecule has 0 amide bonds. The quantitative estimate of drug-likeness (QED) is 0.794. The van der Waals surface area contributed by atoms with Gasteiger partial charge in [0.15, 0.2) is 0 Å². The number of aryl methyl sites for hydroxylation is 1. The van der Waals surface area contributed by atoms with E-state index < -0.39 is 0 Å². The number of nitrogens with two attached hydrogens (primary N) is 1. The van der Waals surface area contributed by atoms with Gasteiger partial charge in [-0.2, -0.15) is 0 Å². The van der Waals surface area contributed by atoms with Gasteiger partial charge in [0.2, 0.25) is 0 Å². The summed E-state index contributed by atoms with van der Waals surface area (Å²) in [6.45, 7) is 8.52. The van der Waals surface area contributed by atoms with E-state index >= 15 is 0 Å². The van der Waals surface area contributed by atoms with Crippen LogP contribution in [0.15, 0.2) is 28.4 Å². The Morgan fingerprint density at radius 3 is 2.50 bits per heavy atom. The van der Waals surface area contributed by atoms with Gasteiger partial charge in [0.1, 0.15) is 5.84 Å². The summed E-state index contributed by atoms with van der Waals surface area (Å²) in [6, 6.07) is 4.40. The lowest BCUT2D eigenvalue weighted by atomic mass is 9.83. The molecule has 0 bridgehead atoms. The van der Waals surface area contributed by atoms with Crippen LogP contribution in [0.3, 0.4) is 0 Å². The van der Waals surface area contributed by atoms with E-state index in [1.165, 1.54) is 15.3 Å². The average molecular weight is 234 g/mol. The van der Waals surface area contributed by atoms with Gasteiger partial charge in [-0.15, -0.1) is 11.3 Å². The maximum absolute atomic E-state index is 5.99. The molecule has 0 saturated carbocycles. The molecule has 2 nitrogen and oxygen atoms in total. The third kappa shape index (κ3) is 1.80. The second kappa shape index (κ2) is 4.06. The van der Waals surface area contributed by atoms with Crippen LogP contribution in [-0.4, -0.2) is 5.84 Å². The molecule has 2 heterocycles. The van der Waals surface area contributed by atoms with Gasteiger partial charge in [0, 0.05) is 27.3 Å². The van der Waals surface area contributed by atoms with Crippen molar-refractivity contribution in [3.05, 3.63) is 33.2 Å². The van der Waals surface area contributed by atoms with E-state index in [2.05, 4.69) is 37.9 Å². The fraction of sp³-hybridized carbons (Fsp3) is 0.462. The van der Waals surface area contributed by atoms with Crippen molar-refractivity contribution in [3.63, 3.8) is 0 Å². The standard InChI is InChI=1S/C13H18N2S/c1-7-5-6-11(16-7)12-8(2)10(4)15-13(14)9(12)3/h5-6,9,12H,1-4H3,(H2,14,15). The van der Waals surface area contributed by atoms with Crippen LogP contribution in [-0.2, 0) is 0 Å². The predicted molar refractivity (Wildman–Crippen MR) is 71.0 cm³/mol. The minimum absolute atomic E-state index is 0.307. The largest absolute Gasteiger partial charge is 0.387 e. The van der Waals surface area contributed by atoms with E-state index in [1.807, 2.05) is 18.3 Å². The van der Waals surface area contributed by atoms with Crippen LogP contribution in [0.25, 0.3) is 0 Å². The number of amidine groups is 1. The normalized spacial score (nSPS) is 25.9. The molecule has 1 aromatic heterocycles. The van der Waals surface area contributed by atoms with Gasteiger partial charge in [-0.3, -0.25) is 0 Å². The van der Waals surface area contributed by atoms with Crippen molar-refractivity contribution < 1.29 is 0 Å². The van der Waals surface area contributed by atoms with E-state index in [9.17, 15) is 0 Å². The van der Waals surface area contributed by atoms with Crippen LogP contribution in [0.1, 0.15) is 36.4 Å². The number of thiophene rings is 1. The van der Waals surface area contributed by atoms with Gasteiger partial charge >= 0.3 is 0 Å². The van der Waals surface area contributed by atoms with Crippen LogP contribution >= 0.6 is 11.3 Å². The van der Waals surface area contributed by atoms with E-state index in [-0.39, 0.29) is 0 Å². The highest BCUT2D eigenvalue weighted by Gasteiger charge is 2.29. The zero-order chi connectivity index (χ0) is 11.9. The summed E-state index contributed by atoms with van der Waals surface area (Å²) < 4.78 is 0. The van der Waals surface area contributed by atoms with Crippen molar-refractivity contribution >= 4 is 17.2 Å². The van der Waals surface area contributed by atoms with E-state index in [0.29, 0.717) is 11.8 Å². The zero-order valence-corrected chi connectivity index (χ0v) is 11.1. The van der Waals surface area contributed by atoms with E-state index in [0.717, 1.165) is 11.5 Å². The van der Waals surface area contributed by atoms with Gasteiger partial charge in [-0.1, -0.05) is 6.92 Å². The summed E-state index contributed by atoms with van der Waals surface area (Å²) in [7, 11) is 0. The zero-order valence-electron chi connectivity index (χ0n) is 10.2. The van der Waals surface area contributed by atoms with Gasteiger partial charge in [0.25, 0.3) is 0 Å². The molecular weight excluding hydrogens is 216 g/mol. The molecule has 3 heteroatoms. The fourth-order valence-corrected chi connectivity index (χ4v) is 3.39. The molecule has 0 fully saturated rings. The molecule has 0 aromatic carbocycles. The minimum Gasteiger partial charge on any atom is -0.387 e. The first kappa shape index (κ1) is 11.4. The third-order valence-electron chi connectivity index (χ3n) is 3.37. The average Bonchev–Trinajstić information content (AvgIpc) is 2.62. The minimum atomic E-state index is 0.307. The maximum Gasteiger partial charge on any atom is 0.103 e. The highest BCUT2D eigenvalue weighted by Crippen LogP contribution is 2.39. The van der Waals surface area contributed by atoms with Crippen molar-refractivity contribution in [2.75, 3.05) is 0 Å². The molecule has 0 radical (unpaired) electrons. The molecule has 2 N–H and O–H groups in total. The first-order valence-corrected chi connectivity index (χ1v) is 6.40. The fourth-order valence-electron chi connectivity index (χ4n) is 2.23. The first-order valence-electron chi connectivity index (χ1n) is 5.58. The molecule has 86 valence electrons. The molecule has 16 heavy (non-hydrogen) atoms. The van der Waals surface area contributed by atoms with Crippen LogP contribution in [0.2, 0.25) is 0 Å². The molecule has 2 atom stereocenters. The molecule has 0 saturated heterocycles. The van der Waals surface area contributed by atoms with Gasteiger partial charge in [0.05, 0.1) is 0 Å². The highest BCUT2D eigenvalue weighted by atomic mass is 32.1. The smallest absolute Gasteiger partial charge is 0.103 e. The van der Waals surface area contributed by atoms with E-state index in [4.69, 9.17) is 5.73 Å². The number of allylic oxidation sites excluding steroid dienone is 2. The Kier molecular flexibility index (Phi) is 2.89. The Morgan fingerprint density at radius 1 is 1.25 bits per heavy atom. The molecular formula is C13H18N2S. The van der Waals surface area contributed by atoms with Gasteiger partial charge < -0.3 is 5.73 Å². The van der Waals surface area contributed by atoms with E-state index in [1.54, 1.807) is 0 Å². The van der Waals surface area contributed by atoms with Crippen molar-refractivity contribution in [3.8, 4) is 0 Å². The Balaban J connectivity index is 2.45. The summed E-state index contributed by atoms with van der Waals surface area (Å²) in [5.74, 6) is 1.48. The van der Waals surface area contributed by atoms with Crippen molar-refractivity contribution in [1.82, 2.24) is 0 Å². The Labute approximate surface area is 101 Å². The summed E-state index contributed by atoms with van der Waals surface area (Å²) >= 11 is 1.86. The lowest BCUT2D eigenvalue weighted by Crippen LogP contribution is -2.30. The third-order valence-corrected chi connectivity index (χ3v) is 4.45. The molecule has 2 unspecified atom stereocenters. The molecule has 1 aliphatic rings. The monoisotopic (exact) mass is 234 g/mol. The lowest BCUT2D eigenvalue weighted by Gasteiger charge is -2.28. The molecule has 1 aliphatic heterocycles. The molecule has 2 rings (SSSR count). The number of hydrogen-bond acceptors (Lipinski definition) is 3. The van der Waals surface area contributed by atoms with Crippen LogP contribution in [0, 0.1) is 12.8 Å². The number of hydrogen-bond donors (Lipinski definition) is 1. The van der Waals surface area contributed by atoms with Crippen molar-refractivity contribution in [2.45, 2.75) is 33.6 Å². The first-order chi connectivity index (χ1) is 7.50. The number of nitrogens with zero attached hydrogens (tertiary/aromatic N) is 1. The molecule has 0 aliphatic carbocycles. The Hall–Kier alpha value is -1.09. The van der Waals surface area contributed by atoms with Crippen molar-refractivity contribution in [1.29, 1.82) is 0 Å². The molecule has 1 aromatic rings. The SMILES string of the molecule is CC1=C(C)C(c2ccc(C)s2)C(C)C(N)=N1.